The van der Waals surface area contributed by atoms with E-state index in [1.165, 1.54) is 0 Å². The van der Waals surface area contributed by atoms with Crippen molar-refractivity contribution in [3.05, 3.63) is 0 Å². The van der Waals surface area contributed by atoms with Crippen LogP contribution in [-0.2, 0) is 33.2 Å². The third kappa shape index (κ3) is 14.6. The quantitative estimate of drug-likeness (QED) is 0.616. The van der Waals surface area contributed by atoms with Gasteiger partial charge in [0.25, 0.3) is 0 Å². The Balaban J connectivity index is 2.08. The Labute approximate surface area is 138 Å². The lowest BCUT2D eigenvalue weighted by molar-refractivity contribution is -0.144. The molecule has 1 rings (SSSR count). The smallest absolute Gasteiger partial charge is 0.305 e. The third-order valence-corrected chi connectivity index (χ3v) is 3.10. The second-order valence-electron chi connectivity index (χ2n) is 5.09. The molecule has 1 fully saturated rings. The maximum Gasteiger partial charge on any atom is 0.305 e. The highest BCUT2D eigenvalue weighted by atomic mass is 16.6. The van der Waals surface area contributed by atoms with Crippen LogP contribution in [0.4, 0.5) is 0 Å². The van der Waals surface area contributed by atoms with Gasteiger partial charge >= 0.3 is 5.97 Å². The van der Waals surface area contributed by atoms with Crippen molar-refractivity contribution in [2.24, 2.45) is 0 Å². The van der Waals surface area contributed by atoms with E-state index in [-0.39, 0.29) is 5.97 Å². The first-order valence-corrected chi connectivity index (χ1v) is 8.44. The molecule has 0 amide bonds. The van der Waals surface area contributed by atoms with Gasteiger partial charge in [0.15, 0.2) is 0 Å². The van der Waals surface area contributed by atoms with E-state index in [4.69, 9.17) is 28.4 Å². The van der Waals surface area contributed by atoms with E-state index < -0.39 is 0 Å². The van der Waals surface area contributed by atoms with E-state index in [0.717, 1.165) is 12.8 Å². The van der Waals surface area contributed by atoms with Crippen LogP contribution < -0.4 is 0 Å². The van der Waals surface area contributed by atoms with Crippen molar-refractivity contribution in [3.63, 3.8) is 0 Å². The molecular weight excluding hydrogens is 304 g/mol. The summed E-state index contributed by atoms with van der Waals surface area (Å²) >= 11 is 0. The molecule has 0 atom stereocenters. The van der Waals surface area contributed by atoms with Crippen molar-refractivity contribution in [2.75, 3.05) is 72.7 Å². The van der Waals surface area contributed by atoms with Gasteiger partial charge in [-0.1, -0.05) is 0 Å². The number of hydrogen-bond donors (Lipinski definition) is 0. The Kier molecular flexibility index (Phi) is 14.3. The number of ether oxygens (including phenoxy) is 6. The molecule has 7 nitrogen and oxygen atoms in total. The largest absolute Gasteiger partial charge is 0.466 e. The molecule has 1 aliphatic rings. The molecule has 7 heteroatoms. The Bertz CT molecular complexity index is 249. The average Bonchev–Trinajstić information content (AvgIpc) is 2.55. The zero-order valence-corrected chi connectivity index (χ0v) is 14.0. The van der Waals surface area contributed by atoms with Crippen molar-refractivity contribution in [3.8, 4) is 0 Å². The summed E-state index contributed by atoms with van der Waals surface area (Å²) in [5.41, 5.74) is 0. The average molecular weight is 334 g/mol. The summed E-state index contributed by atoms with van der Waals surface area (Å²) in [6.45, 7) is 6.01. The highest BCUT2D eigenvalue weighted by Crippen LogP contribution is 1.99. The Morgan fingerprint density at radius 1 is 0.478 bits per heavy atom. The predicted octanol–water partition coefficient (Wildman–Crippen LogP) is 1.19. The maximum atomic E-state index is 11.5. The van der Waals surface area contributed by atoms with Gasteiger partial charge in [-0.15, -0.1) is 0 Å². The van der Waals surface area contributed by atoms with Gasteiger partial charge in [-0.2, -0.15) is 0 Å². The maximum absolute atomic E-state index is 11.5. The summed E-state index contributed by atoms with van der Waals surface area (Å²) in [7, 11) is 0. The first-order chi connectivity index (χ1) is 11.4. The van der Waals surface area contributed by atoms with Crippen LogP contribution in [0.15, 0.2) is 0 Å². The molecule has 1 aliphatic heterocycles. The van der Waals surface area contributed by atoms with Gasteiger partial charge in [0.1, 0.15) is 0 Å². The SMILES string of the molecule is O=C1CCCCOCCOCCOCCOCCOCCCO1. The number of hydrogen-bond acceptors (Lipinski definition) is 7. The van der Waals surface area contributed by atoms with Crippen molar-refractivity contribution in [1.29, 1.82) is 0 Å². The number of esters is 1. The van der Waals surface area contributed by atoms with Crippen LogP contribution in [0.2, 0.25) is 0 Å². The fourth-order valence-electron chi connectivity index (χ4n) is 1.87. The van der Waals surface area contributed by atoms with Crippen LogP contribution in [0.1, 0.15) is 25.7 Å². The molecular formula is C16H30O7. The topological polar surface area (TPSA) is 72.5 Å². The summed E-state index contributed by atoms with van der Waals surface area (Å²) in [5.74, 6) is -0.154. The number of cyclic esters (lactones) is 1. The van der Waals surface area contributed by atoms with Gasteiger partial charge in [-0.05, 0) is 12.8 Å². The lowest BCUT2D eigenvalue weighted by Gasteiger charge is -2.09. The summed E-state index contributed by atoms with van der Waals surface area (Å²) in [6.07, 6.45) is 2.77. The summed E-state index contributed by atoms with van der Waals surface area (Å²) in [5, 5.41) is 0. The summed E-state index contributed by atoms with van der Waals surface area (Å²) in [4.78, 5) is 11.5. The highest BCUT2D eigenvalue weighted by molar-refractivity contribution is 5.69. The molecule has 136 valence electrons. The second kappa shape index (κ2) is 16.1. The van der Waals surface area contributed by atoms with Crippen LogP contribution in [-0.4, -0.2) is 78.6 Å². The number of rotatable bonds is 0. The van der Waals surface area contributed by atoms with Gasteiger partial charge in [0, 0.05) is 26.1 Å². The monoisotopic (exact) mass is 334 g/mol. The summed E-state index contributed by atoms with van der Waals surface area (Å²) < 4.78 is 32.1. The number of carbonyl (C=O) groups excluding carboxylic acids is 1. The van der Waals surface area contributed by atoms with Crippen LogP contribution >= 0.6 is 0 Å². The fourth-order valence-corrected chi connectivity index (χ4v) is 1.87. The molecule has 0 bridgehead atoms. The van der Waals surface area contributed by atoms with Gasteiger partial charge in [0.2, 0.25) is 0 Å². The standard InChI is InChI=1S/C16H30O7/c17-16-4-1-2-5-18-8-10-20-12-14-22-15-13-21-11-9-19-6-3-7-23-16/h1-15H2. The first kappa shape index (κ1) is 20.3. The molecule has 0 aliphatic carbocycles. The lowest BCUT2D eigenvalue weighted by Crippen LogP contribution is -2.14. The van der Waals surface area contributed by atoms with Gasteiger partial charge in [-0.25, -0.2) is 0 Å². The molecule has 0 spiro atoms. The van der Waals surface area contributed by atoms with Crippen molar-refractivity contribution >= 4 is 5.97 Å². The van der Waals surface area contributed by atoms with E-state index in [1.807, 2.05) is 0 Å². The normalized spacial score (nSPS) is 23.2. The minimum absolute atomic E-state index is 0.154. The van der Waals surface area contributed by atoms with E-state index in [9.17, 15) is 4.79 Å². The molecule has 0 saturated carbocycles. The van der Waals surface area contributed by atoms with E-state index in [0.29, 0.717) is 85.5 Å². The number of carbonyl (C=O) groups is 1. The summed E-state index contributed by atoms with van der Waals surface area (Å²) in [6, 6.07) is 0. The third-order valence-electron chi connectivity index (χ3n) is 3.10. The van der Waals surface area contributed by atoms with Gasteiger partial charge in [-0.3, -0.25) is 4.79 Å². The Hall–Kier alpha value is -0.730. The Morgan fingerprint density at radius 3 is 1.43 bits per heavy atom. The molecule has 0 radical (unpaired) electrons. The van der Waals surface area contributed by atoms with Gasteiger partial charge in [0.05, 0.1) is 59.5 Å². The molecule has 0 aromatic rings. The first-order valence-electron chi connectivity index (χ1n) is 8.44. The minimum Gasteiger partial charge on any atom is -0.466 e. The van der Waals surface area contributed by atoms with Crippen LogP contribution in [0.3, 0.4) is 0 Å². The van der Waals surface area contributed by atoms with Crippen molar-refractivity contribution in [1.82, 2.24) is 0 Å². The fraction of sp³-hybridized carbons (Fsp3) is 0.938. The molecule has 1 saturated heterocycles. The Morgan fingerprint density at radius 2 is 0.913 bits per heavy atom. The molecule has 0 aromatic carbocycles. The zero-order valence-electron chi connectivity index (χ0n) is 14.0. The van der Waals surface area contributed by atoms with Crippen molar-refractivity contribution in [2.45, 2.75) is 25.7 Å². The molecule has 1 heterocycles. The van der Waals surface area contributed by atoms with Crippen LogP contribution in [0.25, 0.3) is 0 Å². The predicted molar refractivity (Wildman–Crippen MR) is 83.5 cm³/mol. The van der Waals surface area contributed by atoms with E-state index in [1.54, 1.807) is 0 Å². The second-order valence-corrected chi connectivity index (χ2v) is 5.09. The van der Waals surface area contributed by atoms with E-state index >= 15 is 0 Å². The molecule has 23 heavy (non-hydrogen) atoms. The molecule has 0 unspecified atom stereocenters. The van der Waals surface area contributed by atoms with Gasteiger partial charge < -0.3 is 28.4 Å². The molecule has 0 aromatic heterocycles. The van der Waals surface area contributed by atoms with Crippen molar-refractivity contribution < 1.29 is 33.2 Å². The van der Waals surface area contributed by atoms with E-state index in [2.05, 4.69) is 0 Å². The van der Waals surface area contributed by atoms with Crippen LogP contribution in [0.5, 0.6) is 0 Å². The zero-order chi connectivity index (χ0) is 16.4. The lowest BCUT2D eigenvalue weighted by atomic mass is 10.2. The minimum atomic E-state index is -0.154. The highest BCUT2D eigenvalue weighted by Gasteiger charge is 2.02. The molecule has 0 N–H and O–H groups in total. The van der Waals surface area contributed by atoms with Crippen LogP contribution in [0, 0.1) is 0 Å².